The number of morpholine rings is 1. The lowest BCUT2D eigenvalue weighted by molar-refractivity contribution is 0.00385. The third-order valence-corrected chi connectivity index (χ3v) is 4.85. The van der Waals surface area contributed by atoms with Crippen LogP contribution in [0.3, 0.4) is 0 Å². The quantitative estimate of drug-likeness (QED) is 0.887. The van der Waals surface area contributed by atoms with E-state index in [9.17, 15) is 4.79 Å². The van der Waals surface area contributed by atoms with Crippen molar-refractivity contribution >= 4 is 11.7 Å². The van der Waals surface area contributed by atoms with Crippen LogP contribution in [-0.4, -0.2) is 63.5 Å². The molecule has 2 fully saturated rings. The van der Waals surface area contributed by atoms with Gasteiger partial charge in [0, 0.05) is 45.5 Å². The number of hydrogen-bond acceptors (Lipinski definition) is 4. The van der Waals surface area contributed by atoms with Gasteiger partial charge in [0.2, 0.25) is 0 Å². The third-order valence-electron chi connectivity index (χ3n) is 4.85. The highest BCUT2D eigenvalue weighted by Crippen LogP contribution is 2.17. The second-order valence-electron chi connectivity index (χ2n) is 6.79. The van der Waals surface area contributed by atoms with Gasteiger partial charge in [-0.05, 0) is 37.0 Å². The summed E-state index contributed by atoms with van der Waals surface area (Å²) in [7, 11) is 1.83. The van der Waals surface area contributed by atoms with Crippen LogP contribution in [0.5, 0.6) is 0 Å². The molecule has 1 aromatic carbocycles. The predicted octanol–water partition coefficient (Wildman–Crippen LogP) is 2.23. The first-order valence-electron chi connectivity index (χ1n) is 9.24. The second kappa shape index (κ2) is 9.06. The lowest BCUT2D eigenvalue weighted by atomic mass is 10.1. The van der Waals surface area contributed by atoms with Crippen LogP contribution in [0.2, 0.25) is 0 Å². The molecule has 0 aromatic heterocycles. The number of likely N-dealkylation sites (N-methyl/N-ethyl adjacent to an activating group) is 1. The van der Waals surface area contributed by atoms with Gasteiger partial charge in [0.05, 0.1) is 19.3 Å². The Hall–Kier alpha value is -1.79. The Kier molecular flexibility index (Phi) is 6.53. The van der Waals surface area contributed by atoms with Gasteiger partial charge < -0.3 is 24.6 Å². The number of ether oxygens (including phenoxy) is 2. The first kappa shape index (κ1) is 18.0. The highest BCUT2D eigenvalue weighted by molar-refractivity contribution is 5.73. The summed E-state index contributed by atoms with van der Waals surface area (Å²) in [5.74, 6) is 0. The van der Waals surface area contributed by atoms with Gasteiger partial charge in [0.1, 0.15) is 0 Å². The lowest BCUT2D eigenvalue weighted by Gasteiger charge is -2.29. The molecule has 0 radical (unpaired) electrons. The SMILES string of the molecule is CN(CC1CCCCO1)C(=O)NCc1ccc(N2CCOCC2)cc1. The molecule has 138 valence electrons. The molecule has 0 bridgehead atoms. The maximum atomic E-state index is 12.2. The fraction of sp³-hybridized carbons (Fsp3) is 0.632. The molecule has 2 saturated heterocycles. The zero-order valence-electron chi connectivity index (χ0n) is 15.1. The molecular formula is C19H29N3O3. The fourth-order valence-corrected chi connectivity index (χ4v) is 3.30. The van der Waals surface area contributed by atoms with Crippen LogP contribution in [0.15, 0.2) is 24.3 Å². The van der Waals surface area contributed by atoms with E-state index in [1.54, 1.807) is 4.90 Å². The molecule has 1 unspecified atom stereocenters. The average Bonchev–Trinajstić information content (AvgIpc) is 2.68. The minimum Gasteiger partial charge on any atom is -0.378 e. The Balaban J connectivity index is 1.43. The molecule has 0 spiro atoms. The smallest absolute Gasteiger partial charge is 0.317 e. The zero-order chi connectivity index (χ0) is 17.5. The van der Waals surface area contributed by atoms with Gasteiger partial charge in [-0.15, -0.1) is 0 Å². The number of nitrogens with one attached hydrogen (secondary N) is 1. The topological polar surface area (TPSA) is 54.0 Å². The number of benzene rings is 1. The molecule has 2 aliphatic rings. The van der Waals surface area contributed by atoms with Gasteiger partial charge >= 0.3 is 6.03 Å². The summed E-state index contributed by atoms with van der Waals surface area (Å²) in [5.41, 5.74) is 2.32. The van der Waals surface area contributed by atoms with Gasteiger partial charge in [-0.3, -0.25) is 0 Å². The van der Waals surface area contributed by atoms with Crippen LogP contribution in [0, 0.1) is 0 Å². The first-order chi connectivity index (χ1) is 12.2. The van der Waals surface area contributed by atoms with Crippen molar-refractivity contribution in [3.05, 3.63) is 29.8 Å². The molecule has 1 atom stereocenters. The highest BCUT2D eigenvalue weighted by Gasteiger charge is 2.18. The largest absolute Gasteiger partial charge is 0.378 e. The van der Waals surface area contributed by atoms with E-state index < -0.39 is 0 Å². The normalized spacial score (nSPS) is 21.0. The molecule has 3 rings (SSSR count). The van der Waals surface area contributed by atoms with Gasteiger partial charge in [-0.25, -0.2) is 4.79 Å². The van der Waals surface area contributed by atoms with E-state index in [-0.39, 0.29) is 12.1 Å². The Labute approximate surface area is 150 Å². The number of amides is 2. The average molecular weight is 347 g/mol. The Morgan fingerprint density at radius 1 is 1.20 bits per heavy atom. The lowest BCUT2D eigenvalue weighted by Crippen LogP contribution is -2.42. The van der Waals surface area contributed by atoms with E-state index in [0.717, 1.165) is 51.3 Å². The van der Waals surface area contributed by atoms with Crippen LogP contribution < -0.4 is 10.2 Å². The van der Waals surface area contributed by atoms with Crippen LogP contribution in [0.4, 0.5) is 10.5 Å². The maximum Gasteiger partial charge on any atom is 0.317 e. The number of rotatable bonds is 5. The van der Waals surface area contributed by atoms with E-state index in [4.69, 9.17) is 9.47 Å². The van der Waals surface area contributed by atoms with Crippen molar-refractivity contribution in [2.45, 2.75) is 31.9 Å². The molecule has 6 nitrogen and oxygen atoms in total. The van der Waals surface area contributed by atoms with Crippen LogP contribution >= 0.6 is 0 Å². The highest BCUT2D eigenvalue weighted by atomic mass is 16.5. The van der Waals surface area contributed by atoms with Crippen molar-refractivity contribution in [3.63, 3.8) is 0 Å². The van der Waals surface area contributed by atoms with E-state index in [1.807, 2.05) is 7.05 Å². The fourth-order valence-electron chi connectivity index (χ4n) is 3.30. The molecule has 1 N–H and O–H groups in total. The van der Waals surface area contributed by atoms with Crippen molar-refractivity contribution in [1.29, 1.82) is 0 Å². The molecule has 2 heterocycles. The molecule has 6 heteroatoms. The van der Waals surface area contributed by atoms with Gasteiger partial charge in [0.25, 0.3) is 0 Å². The van der Waals surface area contributed by atoms with Crippen molar-refractivity contribution < 1.29 is 14.3 Å². The molecule has 25 heavy (non-hydrogen) atoms. The monoisotopic (exact) mass is 347 g/mol. The second-order valence-corrected chi connectivity index (χ2v) is 6.79. The van der Waals surface area contributed by atoms with Crippen LogP contribution in [0.1, 0.15) is 24.8 Å². The summed E-state index contributed by atoms with van der Waals surface area (Å²) in [5, 5.41) is 2.99. The molecule has 0 saturated carbocycles. The summed E-state index contributed by atoms with van der Waals surface area (Å²) >= 11 is 0. The van der Waals surface area contributed by atoms with Gasteiger partial charge in [0.15, 0.2) is 0 Å². The van der Waals surface area contributed by atoms with Crippen molar-refractivity contribution in [2.75, 3.05) is 51.4 Å². The third kappa shape index (κ3) is 5.34. The van der Waals surface area contributed by atoms with Crippen molar-refractivity contribution in [3.8, 4) is 0 Å². The molecule has 2 aliphatic heterocycles. The molecule has 2 amide bonds. The van der Waals surface area contributed by atoms with Gasteiger partial charge in [-0.1, -0.05) is 12.1 Å². The van der Waals surface area contributed by atoms with Crippen LogP contribution in [-0.2, 0) is 16.0 Å². The van der Waals surface area contributed by atoms with E-state index in [1.165, 1.54) is 12.1 Å². The standard InChI is InChI=1S/C19H29N3O3/c1-21(15-18-4-2-3-11-25-18)19(23)20-14-16-5-7-17(8-6-16)22-9-12-24-13-10-22/h5-8,18H,2-4,9-15H2,1H3,(H,20,23). The summed E-state index contributed by atoms with van der Waals surface area (Å²) in [6, 6.07) is 8.34. The predicted molar refractivity (Wildman–Crippen MR) is 97.9 cm³/mol. The van der Waals surface area contributed by atoms with E-state index in [0.29, 0.717) is 13.1 Å². The minimum atomic E-state index is -0.0496. The summed E-state index contributed by atoms with van der Waals surface area (Å²) < 4.78 is 11.1. The van der Waals surface area contributed by atoms with Gasteiger partial charge in [-0.2, -0.15) is 0 Å². The Morgan fingerprint density at radius 2 is 1.96 bits per heavy atom. The van der Waals surface area contributed by atoms with Crippen molar-refractivity contribution in [2.24, 2.45) is 0 Å². The Bertz CT molecular complexity index is 537. The summed E-state index contributed by atoms with van der Waals surface area (Å²) in [6.45, 7) is 5.45. The number of carbonyl (C=O) groups is 1. The molecule has 1 aromatic rings. The minimum absolute atomic E-state index is 0.0496. The summed E-state index contributed by atoms with van der Waals surface area (Å²) in [4.78, 5) is 16.3. The van der Waals surface area contributed by atoms with Crippen LogP contribution in [0.25, 0.3) is 0 Å². The number of hydrogen-bond donors (Lipinski definition) is 1. The zero-order valence-corrected chi connectivity index (χ0v) is 15.1. The first-order valence-corrected chi connectivity index (χ1v) is 9.24. The number of urea groups is 1. The van der Waals surface area contributed by atoms with E-state index >= 15 is 0 Å². The summed E-state index contributed by atoms with van der Waals surface area (Å²) in [6.07, 6.45) is 3.54. The Morgan fingerprint density at radius 3 is 2.64 bits per heavy atom. The number of nitrogens with zero attached hydrogens (tertiary/aromatic N) is 2. The number of anilines is 1. The maximum absolute atomic E-state index is 12.2. The molecule has 0 aliphatic carbocycles. The molecular weight excluding hydrogens is 318 g/mol. The van der Waals surface area contributed by atoms with Crippen molar-refractivity contribution in [1.82, 2.24) is 10.2 Å². The van der Waals surface area contributed by atoms with E-state index in [2.05, 4.69) is 34.5 Å². The number of carbonyl (C=O) groups excluding carboxylic acids is 1.